The zero-order valence-corrected chi connectivity index (χ0v) is 20.2. The van der Waals surface area contributed by atoms with Crippen LogP contribution in [0.3, 0.4) is 0 Å². The number of benzene rings is 2. The molecular formula is C24H31SiZr. The van der Waals surface area contributed by atoms with Gasteiger partial charge in [-0.1, -0.05) is 26.7 Å². The molecule has 0 amide bonds. The van der Waals surface area contributed by atoms with Gasteiger partial charge in [-0.15, -0.1) is 0 Å². The molecule has 0 spiro atoms. The number of fused-ring (bicyclic) bond motifs is 2. The van der Waals surface area contributed by atoms with Gasteiger partial charge < -0.3 is 0 Å². The van der Waals surface area contributed by atoms with Gasteiger partial charge in [-0.2, -0.15) is 0 Å². The van der Waals surface area contributed by atoms with Gasteiger partial charge >= 0.3 is 142 Å². The van der Waals surface area contributed by atoms with Gasteiger partial charge in [0.2, 0.25) is 0 Å². The van der Waals surface area contributed by atoms with E-state index < -0.39 is 26.8 Å². The molecule has 0 aromatic heterocycles. The van der Waals surface area contributed by atoms with Gasteiger partial charge in [0.05, 0.1) is 0 Å². The van der Waals surface area contributed by atoms with E-state index in [4.69, 9.17) is 0 Å². The zero-order valence-electron chi connectivity index (χ0n) is 16.6. The number of rotatable bonds is 4. The first-order valence-electron chi connectivity index (χ1n) is 10.1. The molecule has 2 atom stereocenters. The molecule has 0 saturated carbocycles. The van der Waals surface area contributed by atoms with Crippen LogP contribution in [0.4, 0.5) is 0 Å². The fraction of sp³-hybridized carbons (Fsp3) is 0.333. The Morgan fingerprint density at radius 1 is 0.731 bits per heavy atom. The molecule has 2 aliphatic carbocycles. The maximum atomic E-state index is 2.60. The van der Waals surface area contributed by atoms with E-state index >= 15 is 0 Å². The van der Waals surface area contributed by atoms with Crippen LogP contribution in [-0.4, -0.2) is 5.92 Å². The predicted molar refractivity (Wildman–Crippen MR) is 116 cm³/mol. The van der Waals surface area contributed by atoms with Crippen LogP contribution in [0.5, 0.6) is 0 Å². The minimum atomic E-state index is -1.62. The molecule has 135 valence electrons. The Kier molecular flexibility index (Phi) is 7.06. The maximum absolute atomic E-state index is 2.60. The molecule has 0 bridgehead atoms. The fourth-order valence-electron chi connectivity index (χ4n) is 3.99. The van der Waals surface area contributed by atoms with E-state index in [0.29, 0.717) is 0 Å². The minimum absolute atomic E-state index is 0.615. The third-order valence-electron chi connectivity index (χ3n) is 5.48. The second-order valence-electron chi connectivity index (χ2n) is 7.59. The van der Waals surface area contributed by atoms with Gasteiger partial charge in [0.1, 0.15) is 0 Å². The Bertz CT molecular complexity index is 727. The van der Waals surface area contributed by atoms with E-state index in [2.05, 4.69) is 99.8 Å². The molecule has 0 fully saturated rings. The van der Waals surface area contributed by atoms with Crippen molar-refractivity contribution in [3.63, 3.8) is 0 Å². The molecule has 2 aliphatic rings. The van der Waals surface area contributed by atoms with Crippen LogP contribution in [0.15, 0.2) is 60.7 Å². The number of allylic oxidation sites excluding steroid dienone is 2. The molecule has 2 unspecified atom stereocenters. The Labute approximate surface area is 168 Å². The van der Waals surface area contributed by atoms with Crippen LogP contribution in [0, 0.1) is 0 Å². The van der Waals surface area contributed by atoms with Gasteiger partial charge in [-0.25, -0.2) is 0 Å². The normalized spacial score (nSPS) is 19.1. The second-order valence-corrected chi connectivity index (χ2v) is 27.9. The van der Waals surface area contributed by atoms with E-state index in [-0.39, 0.29) is 0 Å². The summed E-state index contributed by atoms with van der Waals surface area (Å²) in [4.78, 5) is 0. The van der Waals surface area contributed by atoms with E-state index in [1.807, 2.05) is 0 Å². The fourth-order valence-corrected chi connectivity index (χ4v) is 25.0. The molecule has 0 radical (unpaired) electrons. The first kappa shape index (κ1) is 19.8. The van der Waals surface area contributed by atoms with Gasteiger partial charge in [0.25, 0.3) is 0 Å². The summed E-state index contributed by atoms with van der Waals surface area (Å²) in [5.74, 6) is -0.615. The Morgan fingerprint density at radius 2 is 1.15 bits per heavy atom. The molecule has 0 aliphatic heterocycles. The Balaban J connectivity index is 0.000000447. The summed E-state index contributed by atoms with van der Waals surface area (Å²) in [6.45, 7) is 9.55. The summed E-state index contributed by atoms with van der Waals surface area (Å²) >= 11 is -1.62. The number of hydrogen-bond donors (Lipinski definition) is 0. The van der Waals surface area contributed by atoms with Crippen molar-refractivity contribution in [3.05, 3.63) is 82.9 Å². The molecule has 26 heavy (non-hydrogen) atoms. The van der Waals surface area contributed by atoms with Crippen LogP contribution in [0.25, 0.3) is 12.2 Å². The monoisotopic (exact) mass is 437 g/mol. The van der Waals surface area contributed by atoms with Crippen molar-refractivity contribution in [2.75, 3.05) is 0 Å². The molecule has 2 aromatic rings. The van der Waals surface area contributed by atoms with Crippen molar-refractivity contribution in [1.29, 1.82) is 0 Å². The van der Waals surface area contributed by atoms with Crippen molar-refractivity contribution in [2.45, 2.75) is 47.0 Å². The molecule has 4 rings (SSSR count). The Hall–Kier alpha value is -0.980. The molecule has 2 aromatic carbocycles. The van der Waals surface area contributed by atoms with Gasteiger partial charge in [-0.05, 0) is 0 Å². The summed E-state index contributed by atoms with van der Waals surface area (Å²) in [5.41, 5.74) is 6.18. The van der Waals surface area contributed by atoms with Crippen molar-refractivity contribution >= 4 is 18.1 Å². The van der Waals surface area contributed by atoms with Crippen LogP contribution >= 0.6 is 0 Å². The van der Waals surface area contributed by atoms with Crippen molar-refractivity contribution in [2.24, 2.45) is 0 Å². The average Bonchev–Trinajstić information content (AvgIpc) is 3.28. The standard InChI is InChI=1S/2C9H7.C4H10.C2H7Si.Zr/c2*1-2-5-9-7-3-6-8(9)4-1;1-3-4-2;1-3-2;/h2*1-7H;3-4H2,1-2H3;3H,1-2H3;. The van der Waals surface area contributed by atoms with Crippen molar-refractivity contribution < 1.29 is 20.9 Å². The van der Waals surface area contributed by atoms with E-state index in [1.54, 1.807) is 11.1 Å². The van der Waals surface area contributed by atoms with Gasteiger partial charge in [0, 0.05) is 0 Å². The van der Waals surface area contributed by atoms with E-state index in [9.17, 15) is 0 Å². The molecule has 0 N–H and O–H groups in total. The molecule has 0 heterocycles. The van der Waals surface area contributed by atoms with E-state index in [0.717, 1.165) is 7.25 Å². The SMILES string of the molecule is CCCC.C[SiH](C)[Zr]([CH]1C=Cc2ccccc21)[CH]1C=Cc2ccccc21. The zero-order chi connectivity index (χ0) is 18.5. The summed E-state index contributed by atoms with van der Waals surface area (Å²) in [5, 5.41) is 0. The van der Waals surface area contributed by atoms with Gasteiger partial charge in [0.15, 0.2) is 0 Å². The average molecular weight is 439 g/mol. The third kappa shape index (κ3) is 4.12. The summed E-state index contributed by atoms with van der Waals surface area (Å²) in [6, 6.07) is 18.1. The first-order chi connectivity index (χ1) is 12.7. The Morgan fingerprint density at radius 3 is 1.54 bits per heavy atom. The third-order valence-corrected chi connectivity index (χ3v) is 26.9. The van der Waals surface area contributed by atoms with Crippen LogP contribution in [-0.2, 0) is 20.9 Å². The van der Waals surface area contributed by atoms with Crippen LogP contribution in [0.2, 0.25) is 13.1 Å². The molecule has 2 heteroatoms. The quantitative estimate of drug-likeness (QED) is 0.454. The summed E-state index contributed by atoms with van der Waals surface area (Å²) in [6.07, 6.45) is 12.5. The topological polar surface area (TPSA) is 0 Å². The number of hydrogen-bond acceptors (Lipinski definition) is 0. The van der Waals surface area contributed by atoms with E-state index in [1.165, 1.54) is 24.0 Å². The molecule has 0 saturated heterocycles. The van der Waals surface area contributed by atoms with Crippen molar-refractivity contribution in [3.8, 4) is 0 Å². The van der Waals surface area contributed by atoms with Crippen LogP contribution < -0.4 is 0 Å². The summed E-state index contributed by atoms with van der Waals surface area (Å²) in [7, 11) is 0. The second kappa shape index (κ2) is 9.29. The van der Waals surface area contributed by atoms with Gasteiger partial charge in [-0.3, -0.25) is 0 Å². The predicted octanol–water partition coefficient (Wildman–Crippen LogP) is 6.93. The van der Waals surface area contributed by atoms with Crippen LogP contribution in [0.1, 0.15) is 56.2 Å². The summed E-state index contributed by atoms with van der Waals surface area (Å²) < 4.78 is 1.57. The first-order valence-corrected chi connectivity index (χ1v) is 20.1. The molecular weight excluding hydrogens is 408 g/mol. The van der Waals surface area contributed by atoms with Crippen molar-refractivity contribution in [1.82, 2.24) is 0 Å². The molecule has 0 nitrogen and oxygen atoms in total. The number of unbranched alkanes of at least 4 members (excludes halogenated alkanes) is 1.